The van der Waals surface area contributed by atoms with Crippen LogP contribution in [0.3, 0.4) is 0 Å². The molecule has 0 spiro atoms. The summed E-state index contributed by atoms with van der Waals surface area (Å²) in [6.45, 7) is 0.824. The molecule has 1 aliphatic heterocycles. The van der Waals surface area contributed by atoms with Gasteiger partial charge in [0.15, 0.2) is 29.3 Å². The van der Waals surface area contributed by atoms with E-state index in [4.69, 9.17) is 23.4 Å². The Morgan fingerprint density at radius 3 is 2.45 bits per heavy atom. The van der Waals surface area contributed by atoms with Crippen LogP contribution in [0.2, 0.25) is 0 Å². The summed E-state index contributed by atoms with van der Waals surface area (Å²) in [5.74, 6) is 2.19. The number of ketones is 1. The van der Waals surface area contributed by atoms with E-state index < -0.39 is 0 Å². The van der Waals surface area contributed by atoms with Crippen molar-refractivity contribution in [3.8, 4) is 34.1 Å². The zero-order chi connectivity index (χ0) is 22.8. The molecule has 0 radical (unpaired) electrons. The lowest BCUT2D eigenvalue weighted by Crippen LogP contribution is -2.15. The molecular formula is C26H20O7. The van der Waals surface area contributed by atoms with Crippen molar-refractivity contribution in [1.82, 2.24) is 0 Å². The maximum absolute atomic E-state index is 13.1. The molecule has 0 unspecified atom stereocenters. The normalized spacial score (nSPS) is 12.4. The smallest absolute Gasteiger partial charge is 0.200 e. The van der Waals surface area contributed by atoms with Gasteiger partial charge < -0.3 is 23.4 Å². The summed E-state index contributed by atoms with van der Waals surface area (Å²) in [4.78, 5) is 25.5. The second kappa shape index (κ2) is 8.70. The van der Waals surface area contributed by atoms with Gasteiger partial charge in [-0.05, 0) is 54.1 Å². The Morgan fingerprint density at radius 1 is 0.909 bits per heavy atom. The number of carbonyl (C=O) groups is 1. The van der Waals surface area contributed by atoms with E-state index in [9.17, 15) is 9.59 Å². The van der Waals surface area contributed by atoms with E-state index in [-0.39, 0.29) is 17.8 Å². The number of Topliss-reactive ketones (excluding diaryl/α,β-unsaturated/α-hetero) is 1. The van der Waals surface area contributed by atoms with E-state index in [2.05, 4.69) is 0 Å². The third-order valence-electron chi connectivity index (χ3n) is 5.38. The van der Waals surface area contributed by atoms with E-state index in [0.29, 0.717) is 63.9 Å². The highest BCUT2D eigenvalue weighted by atomic mass is 16.6. The zero-order valence-corrected chi connectivity index (χ0v) is 17.8. The molecule has 0 amide bonds. The predicted octanol–water partition coefficient (Wildman–Crippen LogP) is 4.50. The van der Waals surface area contributed by atoms with Gasteiger partial charge in [0.1, 0.15) is 36.6 Å². The first-order valence-corrected chi connectivity index (χ1v) is 10.4. The fraction of sp³-hybridized carbons (Fsp3) is 0.154. The molecule has 0 saturated heterocycles. The summed E-state index contributed by atoms with van der Waals surface area (Å²) >= 11 is 0. The number of carbonyl (C=O) groups excluding carboxylic acids is 1. The third-order valence-corrected chi connectivity index (χ3v) is 5.38. The van der Waals surface area contributed by atoms with Gasteiger partial charge in [0, 0.05) is 11.6 Å². The number of ether oxygens (including phenoxy) is 4. The molecule has 1 aromatic heterocycles. The molecule has 0 fully saturated rings. The summed E-state index contributed by atoms with van der Waals surface area (Å²) in [7, 11) is 1.57. The van der Waals surface area contributed by atoms with Crippen molar-refractivity contribution >= 4 is 16.8 Å². The van der Waals surface area contributed by atoms with Gasteiger partial charge in [0.25, 0.3) is 0 Å². The topological polar surface area (TPSA) is 84.2 Å². The van der Waals surface area contributed by atoms with Gasteiger partial charge in [-0.15, -0.1) is 0 Å². The first-order valence-electron chi connectivity index (χ1n) is 10.4. The molecule has 3 aromatic carbocycles. The third kappa shape index (κ3) is 4.13. The maximum Gasteiger partial charge on any atom is 0.200 e. The van der Waals surface area contributed by atoms with Crippen molar-refractivity contribution in [3.63, 3.8) is 0 Å². The van der Waals surface area contributed by atoms with Crippen LogP contribution in [-0.4, -0.2) is 32.7 Å². The van der Waals surface area contributed by atoms with Crippen molar-refractivity contribution in [2.45, 2.75) is 0 Å². The molecule has 7 nitrogen and oxygen atoms in total. The van der Waals surface area contributed by atoms with E-state index in [1.54, 1.807) is 67.8 Å². The standard InChI is InChI=1S/C26H20O7/c1-29-18-5-2-16(3-6-18)22(27)15-32-19-7-8-20-24(13-19)33-14-21(26(20)28)17-4-9-23-25(12-17)31-11-10-30-23/h2-9,12-14H,10-11,15H2,1H3. The molecule has 0 atom stereocenters. The van der Waals surface area contributed by atoms with Crippen LogP contribution in [0.15, 0.2) is 76.1 Å². The Balaban J connectivity index is 1.36. The lowest BCUT2D eigenvalue weighted by molar-refractivity contribution is 0.0921. The zero-order valence-electron chi connectivity index (χ0n) is 17.8. The average molecular weight is 444 g/mol. The Kier molecular flexibility index (Phi) is 5.44. The van der Waals surface area contributed by atoms with E-state index in [0.717, 1.165) is 0 Å². The van der Waals surface area contributed by atoms with Crippen molar-refractivity contribution in [2.75, 3.05) is 26.9 Å². The van der Waals surface area contributed by atoms with Gasteiger partial charge in [0.2, 0.25) is 0 Å². The summed E-state index contributed by atoms with van der Waals surface area (Å²) in [5.41, 5.74) is 1.82. The summed E-state index contributed by atoms with van der Waals surface area (Å²) in [6.07, 6.45) is 1.42. The Labute approximate surface area is 189 Å². The molecule has 7 heteroatoms. The van der Waals surface area contributed by atoms with E-state index in [1.165, 1.54) is 6.26 Å². The van der Waals surface area contributed by atoms with Crippen molar-refractivity contribution in [3.05, 3.63) is 82.7 Å². The first-order chi connectivity index (χ1) is 16.1. The van der Waals surface area contributed by atoms with Crippen LogP contribution in [0.1, 0.15) is 10.4 Å². The molecule has 0 aliphatic carbocycles. The first kappa shape index (κ1) is 20.6. The Morgan fingerprint density at radius 2 is 1.67 bits per heavy atom. The second-order valence-corrected chi connectivity index (χ2v) is 7.44. The van der Waals surface area contributed by atoms with Gasteiger partial charge in [0.05, 0.1) is 18.1 Å². The molecule has 33 heavy (non-hydrogen) atoms. The number of fused-ring (bicyclic) bond motifs is 2. The molecule has 0 bridgehead atoms. The molecule has 0 saturated carbocycles. The minimum atomic E-state index is -0.173. The number of rotatable bonds is 6. The SMILES string of the molecule is COc1ccc(C(=O)COc2ccc3c(=O)c(-c4ccc5c(c4)OCCO5)coc3c2)cc1. The van der Waals surface area contributed by atoms with Gasteiger partial charge in [-0.25, -0.2) is 0 Å². The molecular weight excluding hydrogens is 424 g/mol. The quantitative estimate of drug-likeness (QED) is 0.405. The average Bonchev–Trinajstić information content (AvgIpc) is 2.87. The number of hydrogen-bond acceptors (Lipinski definition) is 7. The molecule has 166 valence electrons. The lowest BCUT2D eigenvalue weighted by Gasteiger charge is -2.18. The van der Waals surface area contributed by atoms with E-state index >= 15 is 0 Å². The van der Waals surface area contributed by atoms with E-state index in [1.807, 2.05) is 0 Å². The van der Waals surface area contributed by atoms with Crippen molar-refractivity contribution in [2.24, 2.45) is 0 Å². The van der Waals surface area contributed by atoms with Crippen LogP contribution in [0.5, 0.6) is 23.0 Å². The van der Waals surface area contributed by atoms with Crippen molar-refractivity contribution in [1.29, 1.82) is 0 Å². The lowest BCUT2D eigenvalue weighted by atomic mass is 10.0. The Bertz CT molecular complexity index is 1390. The van der Waals surface area contributed by atoms with Gasteiger partial charge in [-0.2, -0.15) is 0 Å². The monoisotopic (exact) mass is 444 g/mol. The summed E-state index contributed by atoms with van der Waals surface area (Å²) in [6, 6.07) is 17.0. The van der Waals surface area contributed by atoms with Crippen molar-refractivity contribution < 1.29 is 28.2 Å². The minimum absolute atomic E-state index is 0.142. The molecule has 5 rings (SSSR count). The second-order valence-electron chi connectivity index (χ2n) is 7.44. The maximum atomic E-state index is 13.1. The van der Waals surface area contributed by atoms with Crippen LogP contribution in [0.25, 0.3) is 22.1 Å². The van der Waals surface area contributed by atoms with Gasteiger partial charge >= 0.3 is 0 Å². The largest absolute Gasteiger partial charge is 0.497 e. The number of methoxy groups -OCH3 is 1. The number of hydrogen-bond donors (Lipinski definition) is 0. The molecule has 1 aliphatic rings. The van der Waals surface area contributed by atoms with Crippen LogP contribution in [0.4, 0.5) is 0 Å². The highest BCUT2D eigenvalue weighted by Gasteiger charge is 2.16. The number of benzene rings is 3. The molecule has 2 heterocycles. The van der Waals surface area contributed by atoms with Crippen LogP contribution in [-0.2, 0) is 0 Å². The molecule has 4 aromatic rings. The van der Waals surface area contributed by atoms with Gasteiger partial charge in [-0.1, -0.05) is 6.07 Å². The highest BCUT2D eigenvalue weighted by Crippen LogP contribution is 2.34. The van der Waals surface area contributed by atoms with Crippen LogP contribution in [0, 0.1) is 0 Å². The van der Waals surface area contributed by atoms with Crippen LogP contribution < -0.4 is 24.4 Å². The summed E-state index contributed by atoms with van der Waals surface area (Å²) < 4.78 is 27.6. The fourth-order valence-electron chi connectivity index (χ4n) is 3.62. The fourth-order valence-corrected chi connectivity index (χ4v) is 3.62. The summed E-state index contributed by atoms with van der Waals surface area (Å²) in [5, 5.41) is 0.413. The molecule has 0 N–H and O–H groups in total. The van der Waals surface area contributed by atoms with Crippen LogP contribution >= 0.6 is 0 Å². The minimum Gasteiger partial charge on any atom is -0.497 e. The van der Waals surface area contributed by atoms with Gasteiger partial charge in [-0.3, -0.25) is 9.59 Å². The highest BCUT2D eigenvalue weighted by molar-refractivity contribution is 5.97. The predicted molar refractivity (Wildman–Crippen MR) is 122 cm³/mol. The Hall–Kier alpha value is -4.26.